The van der Waals surface area contributed by atoms with Crippen molar-refractivity contribution in [3.63, 3.8) is 0 Å². The number of fused-ring (bicyclic) bond motifs is 1. The molecule has 0 aliphatic heterocycles. The van der Waals surface area contributed by atoms with E-state index in [0.29, 0.717) is 10.8 Å². The van der Waals surface area contributed by atoms with E-state index >= 15 is 0 Å². The van der Waals surface area contributed by atoms with Gasteiger partial charge in [-0.05, 0) is 18.4 Å². The van der Waals surface area contributed by atoms with Gasteiger partial charge in [0.1, 0.15) is 0 Å². The number of aromatic hydroxyl groups is 3. The molecule has 0 fully saturated rings. The maximum absolute atomic E-state index is 9.52. The highest BCUT2D eigenvalue weighted by Gasteiger charge is 2.10. The van der Waals surface area contributed by atoms with Crippen LogP contribution in [0.5, 0.6) is 17.2 Å². The molecule has 0 bridgehead atoms. The lowest BCUT2D eigenvalue weighted by Crippen LogP contribution is -1.78. The van der Waals surface area contributed by atoms with Crippen molar-refractivity contribution in [3.05, 3.63) is 29.8 Å². The molecule has 14 heavy (non-hydrogen) atoms. The summed E-state index contributed by atoms with van der Waals surface area (Å²) in [5.41, 5.74) is 1.03. The van der Waals surface area contributed by atoms with Gasteiger partial charge in [-0.15, -0.1) is 0 Å². The van der Waals surface area contributed by atoms with Crippen LogP contribution in [-0.2, 0) is 0 Å². The van der Waals surface area contributed by atoms with Gasteiger partial charge >= 0.3 is 0 Å². The van der Waals surface area contributed by atoms with Gasteiger partial charge in [-0.2, -0.15) is 0 Å². The third-order valence-corrected chi connectivity index (χ3v) is 2.22. The van der Waals surface area contributed by atoms with Crippen LogP contribution in [0.25, 0.3) is 10.8 Å². The number of phenols is 3. The summed E-state index contributed by atoms with van der Waals surface area (Å²) in [4.78, 5) is 0. The average Bonchev–Trinajstić information content (AvgIpc) is 2.14. The van der Waals surface area contributed by atoms with Crippen molar-refractivity contribution in [1.29, 1.82) is 0 Å². The Morgan fingerprint density at radius 1 is 0.929 bits per heavy atom. The second-order valence-corrected chi connectivity index (χ2v) is 3.32. The number of benzene rings is 2. The summed E-state index contributed by atoms with van der Waals surface area (Å²) in [6.45, 7) is 1.92. The fourth-order valence-corrected chi connectivity index (χ4v) is 1.48. The van der Waals surface area contributed by atoms with E-state index < -0.39 is 5.75 Å². The standard InChI is InChI=1S/C11H10O3/c1-6-2-3-8-7(4-6)5-9(12)11(14)10(8)13/h2-5,12-14H,1H3. The first-order valence-corrected chi connectivity index (χ1v) is 4.24. The van der Waals surface area contributed by atoms with Crippen molar-refractivity contribution < 1.29 is 15.3 Å². The van der Waals surface area contributed by atoms with Gasteiger partial charge < -0.3 is 15.3 Å². The lowest BCUT2D eigenvalue weighted by atomic mass is 10.1. The van der Waals surface area contributed by atoms with Gasteiger partial charge in [-0.1, -0.05) is 23.8 Å². The Morgan fingerprint density at radius 2 is 1.64 bits per heavy atom. The topological polar surface area (TPSA) is 60.7 Å². The summed E-state index contributed by atoms with van der Waals surface area (Å²) in [7, 11) is 0. The zero-order chi connectivity index (χ0) is 10.3. The summed E-state index contributed by atoms with van der Waals surface area (Å²) in [5, 5.41) is 29.3. The molecule has 2 rings (SSSR count). The molecular formula is C11H10O3. The molecule has 0 atom stereocenters. The lowest BCUT2D eigenvalue weighted by Gasteiger charge is -2.05. The highest BCUT2D eigenvalue weighted by atomic mass is 16.3. The fraction of sp³-hybridized carbons (Fsp3) is 0.0909. The zero-order valence-electron chi connectivity index (χ0n) is 7.65. The van der Waals surface area contributed by atoms with Crippen molar-refractivity contribution in [2.45, 2.75) is 6.92 Å². The van der Waals surface area contributed by atoms with E-state index in [-0.39, 0.29) is 11.5 Å². The van der Waals surface area contributed by atoms with Gasteiger partial charge in [-0.3, -0.25) is 0 Å². The molecule has 3 N–H and O–H groups in total. The van der Waals surface area contributed by atoms with Crippen LogP contribution in [0, 0.1) is 6.92 Å². The second-order valence-electron chi connectivity index (χ2n) is 3.32. The maximum atomic E-state index is 9.52. The van der Waals surface area contributed by atoms with Gasteiger partial charge in [0.15, 0.2) is 11.5 Å². The van der Waals surface area contributed by atoms with Crippen LogP contribution < -0.4 is 0 Å². The summed E-state index contributed by atoms with van der Waals surface area (Å²) in [6.07, 6.45) is 0. The highest BCUT2D eigenvalue weighted by Crippen LogP contribution is 2.40. The predicted molar refractivity (Wildman–Crippen MR) is 53.7 cm³/mol. The first-order valence-electron chi connectivity index (χ1n) is 4.24. The fourth-order valence-electron chi connectivity index (χ4n) is 1.48. The third kappa shape index (κ3) is 1.14. The Labute approximate surface area is 80.9 Å². The molecule has 72 valence electrons. The molecule has 2 aromatic rings. The van der Waals surface area contributed by atoms with E-state index in [1.54, 1.807) is 6.07 Å². The minimum absolute atomic E-state index is 0.278. The lowest BCUT2D eigenvalue weighted by molar-refractivity contribution is 0.371. The molecule has 0 aliphatic carbocycles. The molecule has 0 amide bonds. The summed E-state index contributed by atoms with van der Waals surface area (Å²) in [6, 6.07) is 6.79. The minimum Gasteiger partial charge on any atom is -0.504 e. The van der Waals surface area contributed by atoms with E-state index in [2.05, 4.69) is 0 Å². The van der Waals surface area contributed by atoms with Crippen molar-refractivity contribution in [2.24, 2.45) is 0 Å². The molecule has 0 aliphatic rings. The molecular weight excluding hydrogens is 180 g/mol. The van der Waals surface area contributed by atoms with Crippen molar-refractivity contribution in [3.8, 4) is 17.2 Å². The van der Waals surface area contributed by atoms with E-state index in [9.17, 15) is 15.3 Å². The zero-order valence-corrected chi connectivity index (χ0v) is 7.65. The third-order valence-electron chi connectivity index (χ3n) is 2.22. The van der Waals surface area contributed by atoms with Crippen molar-refractivity contribution in [2.75, 3.05) is 0 Å². The molecule has 0 saturated heterocycles. The van der Waals surface area contributed by atoms with Gasteiger partial charge in [-0.25, -0.2) is 0 Å². The molecule has 0 unspecified atom stereocenters. The molecule has 0 spiro atoms. The van der Waals surface area contributed by atoms with Crippen LogP contribution in [0.4, 0.5) is 0 Å². The SMILES string of the molecule is Cc1ccc2c(O)c(O)c(O)cc2c1. The minimum atomic E-state index is -0.471. The van der Waals surface area contributed by atoms with Crippen molar-refractivity contribution in [1.82, 2.24) is 0 Å². The number of aryl methyl sites for hydroxylation is 1. The number of hydrogen-bond acceptors (Lipinski definition) is 3. The Morgan fingerprint density at radius 3 is 2.36 bits per heavy atom. The normalized spacial score (nSPS) is 10.6. The number of phenolic OH excluding ortho intramolecular Hbond substituents is 3. The first-order chi connectivity index (χ1) is 6.59. The van der Waals surface area contributed by atoms with Gasteiger partial charge in [0, 0.05) is 5.39 Å². The molecule has 2 aromatic carbocycles. The molecule has 0 aromatic heterocycles. The molecule has 3 nitrogen and oxygen atoms in total. The van der Waals surface area contributed by atoms with Crippen molar-refractivity contribution >= 4 is 10.8 Å². The van der Waals surface area contributed by atoms with Crippen LogP contribution in [0.15, 0.2) is 24.3 Å². The first kappa shape index (κ1) is 8.69. The molecule has 0 radical (unpaired) electrons. The van der Waals surface area contributed by atoms with Crippen LogP contribution in [-0.4, -0.2) is 15.3 Å². The summed E-state index contributed by atoms with van der Waals surface area (Å²) >= 11 is 0. The largest absolute Gasteiger partial charge is 0.504 e. The summed E-state index contributed by atoms with van der Waals surface area (Å²) < 4.78 is 0. The quantitative estimate of drug-likeness (QED) is 0.558. The smallest absolute Gasteiger partial charge is 0.200 e. The van der Waals surface area contributed by atoms with E-state index in [0.717, 1.165) is 5.56 Å². The Balaban J connectivity index is 2.91. The van der Waals surface area contributed by atoms with E-state index in [1.165, 1.54) is 6.07 Å². The molecule has 0 saturated carbocycles. The summed E-state index contributed by atoms with van der Waals surface area (Å²) in [5.74, 6) is -1.05. The van der Waals surface area contributed by atoms with E-state index in [4.69, 9.17) is 0 Å². The molecule has 3 heteroatoms. The van der Waals surface area contributed by atoms with Gasteiger partial charge in [0.25, 0.3) is 0 Å². The van der Waals surface area contributed by atoms with Crippen LogP contribution in [0.2, 0.25) is 0 Å². The van der Waals surface area contributed by atoms with Gasteiger partial charge in [0.2, 0.25) is 5.75 Å². The van der Waals surface area contributed by atoms with Crippen LogP contribution in [0.1, 0.15) is 5.56 Å². The monoisotopic (exact) mass is 190 g/mol. The predicted octanol–water partition coefficient (Wildman–Crippen LogP) is 2.27. The van der Waals surface area contributed by atoms with E-state index in [1.807, 2.05) is 19.1 Å². The Bertz CT molecular complexity index is 503. The molecule has 0 heterocycles. The maximum Gasteiger partial charge on any atom is 0.200 e. The highest BCUT2D eigenvalue weighted by molar-refractivity contribution is 5.92. The van der Waals surface area contributed by atoms with Gasteiger partial charge in [0.05, 0.1) is 0 Å². The van der Waals surface area contributed by atoms with Crippen LogP contribution in [0.3, 0.4) is 0 Å². The Hall–Kier alpha value is -1.90. The average molecular weight is 190 g/mol. The second kappa shape index (κ2) is 2.80. The number of rotatable bonds is 0. The number of hydrogen-bond donors (Lipinski definition) is 3. The van der Waals surface area contributed by atoms with Crippen LogP contribution >= 0.6 is 0 Å². The Kier molecular flexibility index (Phi) is 1.74.